The van der Waals surface area contributed by atoms with Gasteiger partial charge in [0.2, 0.25) is 12.0 Å². The lowest BCUT2D eigenvalue weighted by molar-refractivity contribution is -0.154. The first-order valence-electron chi connectivity index (χ1n) is 7.68. The summed E-state index contributed by atoms with van der Waals surface area (Å²) in [6.45, 7) is 1.50. The summed E-state index contributed by atoms with van der Waals surface area (Å²) >= 11 is 0. The van der Waals surface area contributed by atoms with Crippen LogP contribution in [0.4, 0.5) is 0 Å². The van der Waals surface area contributed by atoms with Gasteiger partial charge in [-0.05, 0) is 12.8 Å². The minimum absolute atomic E-state index is 0.0568. The molecule has 25 heavy (non-hydrogen) atoms. The van der Waals surface area contributed by atoms with Gasteiger partial charge in [0.15, 0.2) is 5.96 Å². The zero-order chi connectivity index (χ0) is 18.8. The highest BCUT2D eigenvalue weighted by atomic mass is 16.5. The Morgan fingerprint density at radius 1 is 1.16 bits per heavy atom. The smallest absolute Gasteiger partial charge is 0.303 e. The molecule has 0 saturated carbocycles. The summed E-state index contributed by atoms with van der Waals surface area (Å²) < 4.78 is 5.08. The predicted molar refractivity (Wildman–Crippen MR) is 92.0 cm³/mol. The van der Waals surface area contributed by atoms with Crippen LogP contribution >= 0.6 is 0 Å². The number of amides is 2. The van der Waals surface area contributed by atoms with Crippen LogP contribution in [0.3, 0.4) is 0 Å². The van der Waals surface area contributed by atoms with Crippen molar-refractivity contribution in [3.8, 4) is 0 Å². The molecule has 0 fully saturated rings. The van der Waals surface area contributed by atoms with Crippen LogP contribution in [0, 0.1) is 0 Å². The van der Waals surface area contributed by atoms with Gasteiger partial charge in [-0.15, -0.1) is 0 Å². The molecule has 0 aliphatic carbocycles. The number of primary amides is 1. The molecule has 0 spiro atoms. The van der Waals surface area contributed by atoms with Crippen molar-refractivity contribution in [3.63, 3.8) is 0 Å². The number of ether oxygens (including phenoxy) is 1. The summed E-state index contributed by atoms with van der Waals surface area (Å²) in [6, 6.07) is 7.54. The third kappa shape index (κ3) is 7.34. The first-order valence-corrected chi connectivity index (χ1v) is 7.68. The zero-order valence-electron chi connectivity index (χ0n) is 14.0. The Labute approximate surface area is 145 Å². The van der Waals surface area contributed by atoms with E-state index in [0.29, 0.717) is 18.5 Å². The molecular formula is C16H23N5O4. The second-order valence-electron chi connectivity index (χ2n) is 5.31. The van der Waals surface area contributed by atoms with Gasteiger partial charge < -0.3 is 27.3 Å². The highest BCUT2D eigenvalue weighted by Crippen LogP contribution is 2.18. The molecule has 0 heterocycles. The van der Waals surface area contributed by atoms with E-state index in [-0.39, 0.29) is 12.4 Å². The van der Waals surface area contributed by atoms with Crippen LogP contribution < -0.4 is 22.5 Å². The average Bonchev–Trinajstić information content (AvgIpc) is 2.55. The zero-order valence-corrected chi connectivity index (χ0v) is 14.0. The topological polar surface area (TPSA) is 163 Å². The van der Waals surface area contributed by atoms with Gasteiger partial charge in [-0.2, -0.15) is 0 Å². The van der Waals surface area contributed by atoms with Crippen molar-refractivity contribution in [1.82, 2.24) is 5.32 Å². The second-order valence-corrected chi connectivity index (χ2v) is 5.31. The van der Waals surface area contributed by atoms with E-state index >= 15 is 0 Å². The van der Waals surface area contributed by atoms with Gasteiger partial charge in [-0.25, -0.2) is 0 Å². The molecule has 0 aromatic heterocycles. The molecule has 0 radical (unpaired) electrons. The normalized spacial score (nSPS) is 12.5. The highest BCUT2D eigenvalue weighted by molar-refractivity contribution is 5.90. The number of hydrogen-bond acceptors (Lipinski definition) is 5. The van der Waals surface area contributed by atoms with Gasteiger partial charge in [-0.3, -0.25) is 19.4 Å². The lowest BCUT2D eigenvalue weighted by Gasteiger charge is -2.21. The van der Waals surface area contributed by atoms with E-state index in [1.807, 2.05) is 0 Å². The van der Waals surface area contributed by atoms with E-state index in [0.717, 1.165) is 0 Å². The highest BCUT2D eigenvalue weighted by Gasteiger charge is 2.27. The minimum atomic E-state index is -1.17. The standard InChI is InChI=1S/C16H23N5O4/c1-10(22)25-13(11-6-3-2-4-7-11)15(24)21-12(14(17)23)8-5-9-20-16(18)19/h2-4,6-7,12-13H,5,8-9H2,1H3,(H2,17,23)(H,21,24)(H4,18,19,20)/t12-,13-/m0/s1. The molecule has 0 saturated heterocycles. The number of aliphatic imine (C=N–C) groups is 1. The fourth-order valence-electron chi connectivity index (χ4n) is 2.10. The van der Waals surface area contributed by atoms with E-state index in [4.69, 9.17) is 21.9 Å². The van der Waals surface area contributed by atoms with Crippen LogP contribution in [0.2, 0.25) is 0 Å². The largest absolute Gasteiger partial charge is 0.447 e. The maximum atomic E-state index is 12.5. The van der Waals surface area contributed by atoms with Crippen molar-refractivity contribution < 1.29 is 19.1 Å². The number of nitrogens with zero attached hydrogens (tertiary/aromatic N) is 1. The lowest BCUT2D eigenvalue weighted by atomic mass is 10.1. The SMILES string of the molecule is CC(=O)O[C@H](C(=O)N[C@@H](CCCN=C(N)N)C(N)=O)c1ccccc1. The van der Waals surface area contributed by atoms with Crippen LogP contribution in [0.15, 0.2) is 35.3 Å². The van der Waals surface area contributed by atoms with Gasteiger partial charge in [-0.1, -0.05) is 30.3 Å². The summed E-state index contributed by atoms with van der Waals surface area (Å²) in [5.74, 6) is -2.01. The van der Waals surface area contributed by atoms with Gasteiger partial charge in [0, 0.05) is 19.0 Å². The maximum Gasteiger partial charge on any atom is 0.303 e. The third-order valence-corrected chi connectivity index (χ3v) is 3.23. The van der Waals surface area contributed by atoms with E-state index < -0.39 is 29.9 Å². The number of esters is 1. The number of carbonyl (C=O) groups excluding carboxylic acids is 3. The fraction of sp³-hybridized carbons (Fsp3) is 0.375. The van der Waals surface area contributed by atoms with Crippen molar-refractivity contribution in [2.45, 2.75) is 31.9 Å². The molecule has 1 aromatic carbocycles. The Balaban J connectivity index is 2.79. The summed E-state index contributed by atoms with van der Waals surface area (Å²) in [4.78, 5) is 39.1. The van der Waals surface area contributed by atoms with E-state index in [2.05, 4.69) is 10.3 Å². The first-order chi connectivity index (χ1) is 11.8. The molecule has 136 valence electrons. The summed E-state index contributed by atoms with van der Waals surface area (Å²) in [5.41, 5.74) is 16.2. The lowest BCUT2D eigenvalue weighted by Crippen LogP contribution is -2.46. The molecule has 0 aliphatic heterocycles. The van der Waals surface area contributed by atoms with Crippen LogP contribution in [0.25, 0.3) is 0 Å². The van der Waals surface area contributed by atoms with Gasteiger partial charge in [0.05, 0.1) is 0 Å². The monoisotopic (exact) mass is 349 g/mol. The second kappa shape index (κ2) is 9.91. The predicted octanol–water partition coefficient (Wildman–Crippen LogP) is -0.685. The number of carbonyl (C=O) groups is 3. The Kier molecular flexibility index (Phi) is 7.91. The minimum Gasteiger partial charge on any atom is -0.447 e. The molecule has 9 nitrogen and oxygen atoms in total. The Morgan fingerprint density at radius 3 is 2.32 bits per heavy atom. The molecule has 9 heteroatoms. The molecule has 1 rings (SSSR count). The number of nitrogens with one attached hydrogen (secondary N) is 1. The van der Waals surface area contributed by atoms with Crippen LogP contribution in [-0.2, 0) is 19.1 Å². The molecule has 7 N–H and O–H groups in total. The van der Waals surface area contributed by atoms with Gasteiger partial charge in [0.25, 0.3) is 5.91 Å². The van der Waals surface area contributed by atoms with Crippen LogP contribution in [-0.4, -0.2) is 36.3 Å². The van der Waals surface area contributed by atoms with Gasteiger partial charge >= 0.3 is 5.97 Å². The van der Waals surface area contributed by atoms with E-state index in [9.17, 15) is 14.4 Å². The average molecular weight is 349 g/mol. The Morgan fingerprint density at radius 2 is 1.80 bits per heavy atom. The third-order valence-electron chi connectivity index (χ3n) is 3.23. The molecular weight excluding hydrogens is 326 g/mol. The number of benzene rings is 1. The summed E-state index contributed by atoms with van der Waals surface area (Å²) in [7, 11) is 0. The number of rotatable bonds is 9. The number of nitrogens with two attached hydrogens (primary N) is 3. The van der Waals surface area contributed by atoms with Crippen molar-refractivity contribution in [2.24, 2.45) is 22.2 Å². The molecule has 0 aliphatic rings. The van der Waals surface area contributed by atoms with Crippen LogP contribution in [0.1, 0.15) is 31.4 Å². The summed E-state index contributed by atoms with van der Waals surface area (Å²) in [6.07, 6.45) is -0.479. The van der Waals surface area contributed by atoms with Crippen molar-refractivity contribution in [3.05, 3.63) is 35.9 Å². The number of guanidine groups is 1. The molecule has 2 amide bonds. The Hall–Kier alpha value is -3.10. The van der Waals surface area contributed by atoms with E-state index in [1.54, 1.807) is 30.3 Å². The van der Waals surface area contributed by atoms with Crippen molar-refractivity contribution >= 4 is 23.7 Å². The van der Waals surface area contributed by atoms with Crippen molar-refractivity contribution in [2.75, 3.05) is 6.54 Å². The quantitative estimate of drug-likeness (QED) is 0.200. The van der Waals surface area contributed by atoms with Gasteiger partial charge in [0.1, 0.15) is 6.04 Å². The maximum absolute atomic E-state index is 12.5. The molecule has 2 atom stereocenters. The fourth-order valence-corrected chi connectivity index (χ4v) is 2.10. The van der Waals surface area contributed by atoms with Crippen LogP contribution in [0.5, 0.6) is 0 Å². The molecule has 0 bridgehead atoms. The van der Waals surface area contributed by atoms with Crippen molar-refractivity contribution in [1.29, 1.82) is 0 Å². The molecule has 1 aromatic rings. The first kappa shape index (κ1) is 19.9. The Bertz CT molecular complexity index is 629. The van der Waals surface area contributed by atoms with E-state index in [1.165, 1.54) is 6.92 Å². The molecule has 0 unspecified atom stereocenters. The number of hydrogen-bond donors (Lipinski definition) is 4. The summed E-state index contributed by atoms with van der Waals surface area (Å²) in [5, 5.41) is 2.51.